The van der Waals surface area contributed by atoms with Crippen molar-refractivity contribution in [3.8, 4) is 0 Å². The van der Waals surface area contributed by atoms with E-state index < -0.39 is 0 Å². The molecule has 0 N–H and O–H groups in total. The lowest BCUT2D eigenvalue weighted by atomic mass is 10.1. The van der Waals surface area contributed by atoms with Crippen LogP contribution in [0.3, 0.4) is 0 Å². The summed E-state index contributed by atoms with van der Waals surface area (Å²) in [5.74, 6) is 0.796. The van der Waals surface area contributed by atoms with E-state index in [9.17, 15) is 4.79 Å². The van der Waals surface area contributed by atoms with Crippen molar-refractivity contribution in [3.63, 3.8) is 0 Å². The number of fused-ring (bicyclic) bond motifs is 1. The van der Waals surface area contributed by atoms with E-state index >= 15 is 0 Å². The number of aryl methyl sites for hydroxylation is 1. The Hall–Kier alpha value is -1.49. The summed E-state index contributed by atoms with van der Waals surface area (Å²) in [5, 5.41) is 0.390. The van der Waals surface area contributed by atoms with E-state index in [0.717, 1.165) is 31.2 Å². The van der Waals surface area contributed by atoms with Crippen molar-refractivity contribution in [1.82, 2.24) is 19.5 Å². The van der Waals surface area contributed by atoms with Gasteiger partial charge in [-0.15, -0.1) is 0 Å². The SMILES string of the molecule is Cc1nc(Cl)c2ncn(C3CCC(C=O)C3)c2n1. The third-order valence-electron chi connectivity index (χ3n) is 3.52. The molecule has 0 saturated heterocycles. The zero-order valence-electron chi connectivity index (χ0n) is 10.0. The van der Waals surface area contributed by atoms with Crippen molar-refractivity contribution in [2.75, 3.05) is 0 Å². The van der Waals surface area contributed by atoms with Crippen molar-refractivity contribution in [2.24, 2.45) is 5.92 Å². The molecule has 0 radical (unpaired) electrons. The van der Waals surface area contributed by atoms with Crippen LogP contribution in [0.1, 0.15) is 31.1 Å². The Balaban J connectivity index is 2.05. The van der Waals surface area contributed by atoms with Crippen LogP contribution in [-0.4, -0.2) is 25.8 Å². The number of nitrogens with zero attached hydrogens (tertiary/aromatic N) is 4. The highest BCUT2D eigenvalue weighted by atomic mass is 35.5. The van der Waals surface area contributed by atoms with Gasteiger partial charge in [0.2, 0.25) is 0 Å². The van der Waals surface area contributed by atoms with Crippen molar-refractivity contribution < 1.29 is 4.79 Å². The Morgan fingerprint density at radius 3 is 3.00 bits per heavy atom. The largest absolute Gasteiger partial charge is 0.312 e. The third kappa shape index (κ3) is 1.79. The molecule has 2 aromatic rings. The lowest BCUT2D eigenvalue weighted by Crippen LogP contribution is -2.06. The molecule has 1 aliphatic carbocycles. The fourth-order valence-electron chi connectivity index (χ4n) is 2.62. The van der Waals surface area contributed by atoms with Crippen LogP contribution < -0.4 is 0 Å². The standard InChI is InChI=1S/C12H13ClN4O/c1-7-15-11(13)10-12(16-7)17(6-14-10)9-3-2-8(4-9)5-18/h5-6,8-9H,2-4H2,1H3. The minimum Gasteiger partial charge on any atom is -0.312 e. The Kier molecular flexibility index (Phi) is 2.78. The van der Waals surface area contributed by atoms with Gasteiger partial charge in [0.15, 0.2) is 10.8 Å². The van der Waals surface area contributed by atoms with E-state index in [2.05, 4.69) is 15.0 Å². The van der Waals surface area contributed by atoms with Gasteiger partial charge in [-0.05, 0) is 26.2 Å². The Morgan fingerprint density at radius 2 is 2.28 bits per heavy atom. The summed E-state index contributed by atoms with van der Waals surface area (Å²) in [5.41, 5.74) is 1.40. The van der Waals surface area contributed by atoms with Gasteiger partial charge in [0.1, 0.15) is 17.6 Å². The minimum atomic E-state index is 0.158. The summed E-state index contributed by atoms with van der Waals surface area (Å²) < 4.78 is 2.03. The van der Waals surface area contributed by atoms with Gasteiger partial charge >= 0.3 is 0 Å². The van der Waals surface area contributed by atoms with Gasteiger partial charge in [-0.1, -0.05) is 11.6 Å². The second-order valence-electron chi connectivity index (χ2n) is 4.75. The first kappa shape index (κ1) is 11.6. The molecule has 5 nitrogen and oxygen atoms in total. The lowest BCUT2D eigenvalue weighted by Gasteiger charge is -2.11. The average Bonchev–Trinajstić information content (AvgIpc) is 2.93. The van der Waals surface area contributed by atoms with Gasteiger partial charge in [-0.2, -0.15) is 0 Å². The monoisotopic (exact) mass is 264 g/mol. The number of aromatic nitrogens is 4. The maximum atomic E-state index is 10.8. The van der Waals surface area contributed by atoms with E-state index in [0.29, 0.717) is 16.5 Å². The Labute approximate surface area is 109 Å². The van der Waals surface area contributed by atoms with Crippen molar-refractivity contribution in [1.29, 1.82) is 0 Å². The number of carbonyl (C=O) groups is 1. The lowest BCUT2D eigenvalue weighted by molar-refractivity contribution is -0.110. The highest BCUT2D eigenvalue weighted by Crippen LogP contribution is 2.35. The quantitative estimate of drug-likeness (QED) is 0.617. The molecule has 2 unspecified atom stereocenters. The maximum absolute atomic E-state index is 10.8. The van der Waals surface area contributed by atoms with E-state index in [4.69, 9.17) is 11.6 Å². The molecule has 0 spiro atoms. The van der Waals surface area contributed by atoms with Crippen LogP contribution in [0.25, 0.3) is 11.2 Å². The normalized spacial score (nSPS) is 23.7. The first-order valence-corrected chi connectivity index (χ1v) is 6.39. The molecule has 1 aliphatic rings. The number of imidazole rings is 1. The summed E-state index contributed by atoms with van der Waals surface area (Å²) in [6.45, 7) is 1.81. The molecule has 3 rings (SSSR count). The molecule has 1 fully saturated rings. The second kappa shape index (κ2) is 4.31. The van der Waals surface area contributed by atoms with Gasteiger partial charge in [-0.3, -0.25) is 0 Å². The van der Waals surface area contributed by atoms with Gasteiger partial charge in [-0.25, -0.2) is 15.0 Å². The van der Waals surface area contributed by atoms with Crippen LogP contribution in [0, 0.1) is 12.8 Å². The first-order valence-electron chi connectivity index (χ1n) is 6.01. The minimum absolute atomic E-state index is 0.158. The molecule has 2 heterocycles. The third-order valence-corrected chi connectivity index (χ3v) is 3.79. The molecule has 18 heavy (non-hydrogen) atoms. The van der Waals surface area contributed by atoms with E-state index in [1.165, 1.54) is 0 Å². The molecule has 6 heteroatoms. The maximum Gasteiger partial charge on any atom is 0.165 e. The summed E-state index contributed by atoms with van der Waals surface area (Å²) >= 11 is 6.06. The number of rotatable bonds is 2. The molecule has 1 saturated carbocycles. The van der Waals surface area contributed by atoms with E-state index in [1.54, 1.807) is 6.33 Å². The zero-order valence-corrected chi connectivity index (χ0v) is 10.8. The molecule has 0 amide bonds. The van der Waals surface area contributed by atoms with Gasteiger partial charge in [0.25, 0.3) is 0 Å². The van der Waals surface area contributed by atoms with Crippen LogP contribution in [0.2, 0.25) is 5.15 Å². The number of hydrogen-bond acceptors (Lipinski definition) is 4. The molecule has 0 aliphatic heterocycles. The highest BCUT2D eigenvalue weighted by Gasteiger charge is 2.27. The van der Waals surface area contributed by atoms with E-state index in [-0.39, 0.29) is 12.0 Å². The summed E-state index contributed by atoms with van der Waals surface area (Å²) in [4.78, 5) is 23.6. The molecule has 0 bridgehead atoms. The molecule has 94 valence electrons. The molecular weight excluding hydrogens is 252 g/mol. The average molecular weight is 265 g/mol. The molecule has 2 aromatic heterocycles. The number of halogens is 1. The summed E-state index contributed by atoms with van der Waals surface area (Å²) in [7, 11) is 0. The predicted octanol–water partition coefficient (Wildman–Crippen LogP) is 2.33. The van der Waals surface area contributed by atoms with Crippen LogP contribution in [-0.2, 0) is 4.79 Å². The zero-order chi connectivity index (χ0) is 12.7. The fraction of sp³-hybridized carbons (Fsp3) is 0.500. The van der Waals surface area contributed by atoms with Gasteiger partial charge in [0, 0.05) is 12.0 Å². The van der Waals surface area contributed by atoms with Gasteiger partial charge in [0.05, 0.1) is 6.33 Å². The van der Waals surface area contributed by atoms with Crippen LogP contribution >= 0.6 is 11.6 Å². The first-order chi connectivity index (χ1) is 8.69. The Morgan fingerprint density at radius 1 is 1.44 bits per heavy atom. The van der Waals surface area contributed by atoms with Crippen molar-refractivity contribution in [3.05, 3.63) is 17.3 Å². The molecular formula is C12H13ClN4O. The highest BCUT2D eigenvalue weighted by molar-refractivity contribution is 6.33. The summed E-state index contributed by atoms with van der Waals surface area (Å²) in [6.07, 6.45) is 5.58. The fourth-order valence-corrected chi connectivity index (χ4v) is 2.87. The Bertz CT molecular complexity index is 609. The van der Waals surface area contributed by atoms with Crippen LogP contribution in [0.5, 0.6) is 0 Å². The summed E-state index contributed by atoms with van der Waals surface area (Å²) in [6, 6.07) is 0.288. The van der Waals surface area contributed by atoms with E-state index in [1.807, 2.05) is 11.5 Å². The number of aldehydes is 1. The predicted molar refractivity (Wildman–Crippen MR) is 67.5 cm³/mol. The van der Waals surface area contributed by atoms with Crippen LogP contribution in [0.4, 0.5) is 0 Å². The van der Waals surface area contributed by atoms with Crippen molar-refractivity contribution >= 4 is 29.1 Å². The topological polar surface area (TPSA) is 60.7 Å². The number of carbonyl (C=O) groups excluding carboxylic acids is 1. The molecule has 2 atom stereocenters. The second-order valence-corrected chi connectivity index (χ2v) is 5.11. The van der Waals surface area contributed by atoms with Crippen LogP contribution in [0.15, 0.2) is 6.33 Å². The number of hydrogen-bond donors (Lipinski definition) is 0. The van der Waals surface area contributed by atoms with Crippen molar-refractivity contribution in [2.45, 2.75) is 32.2 Å². The smallest absolute Gasteiger partial charge is 0.165 e. The van der Waals surface area contributed by atoms with Gasteiger partial charge < -0.3 is 9.36 Å². The molecule has 0 aromatic carbocycles.